The fourth-order valence-electron chi connectivity index (χ4n) is 4.28. The third-order valence-electron chi connectivity index (χ3n) is 5.63. The highest BCUT2D eigenvalue weighted by molar-refractivity contribution is 5.75. The summed E-state index contributed by atoms with van der Waals surface area (Å²) in [6.07, 6.45) is 2.37. The molecule has 3 aliphatic rings. The number of piperidine rings is 1. The number of hydrogen-bond acceptors (Lipinski definition) is 6. The Hall–Kier alpha value is -1.83. The summed E-state index contributed by atoms with van der Waals surface area (Å²) in [4.78, 5) is 18.5. The van der Waals surface area contributed by atoms with Crippen molar-refractivity contribution >= 4 is 5.91 Å². The second kappa shape index (κ2) is 7.82. The van der Waals surface area contributed by atoms with Crippen molar-refractivity contribution in [1.29, 1.82) is 0 Å². The lowest BCUT2D eigenvalue weighted by molar-refractivity contribution is -0.119. The maximum absolute atomic E-state index is 11.2. The van der Waals surface area contributed by atoms with Crippen LogP contribution in [0.3, 0.4) is 0 Å². The number of nitrogens with two attached hydrogens (primary N) is 1. The molecule has 4 rings (SSSR count). The lowest BCUT2D eigenvalue weighted by atomic mass is 10.0. The van der Waals surface area contributed by atoms with Gasteiger partial charge in [0.1, 0.15) is 0 Å². The summed E-state index contributed by atoms with van der Waals surface area (Å²) in [6.45, 7) is 7.92. The van der Waals surface area contributed by atoms with Crippen LogP contribution in [0.15, 0.2) is 18.2 Å². The van der Waals surface area contributed by atoms with Gasteiger partial charge in [0.25, 0.3) is 0 Å². The molecule has 0 spiro atoms. The Kier molecular flexibility index (Phi) is 5.28. The summed E-state index contributed by atoms with van der Waals surface area (Å²) in [5.74, 6) is 1.48. The summed E-state index contributed by atoms with van der Waals surface area (Å²) in [7, 11) is 0. The van der Waals surface area contributed by atoms with Gasteiger partial charge in [0.05, 0.1) is 6.54 Å². The first-order chi connectivity index (χ1) is 12.7. The normalized spacial score (nSPS) is 24.7. The minimum absolute atomic E-state index is 0.223. The maximum Gasteiger partial charge on any atom is 0.231 e. The second-order valence-corrected chi connectivity index (χ2v) is 7.50. The number of carbonyl (C=O) groups is 1. The van der Waals surface area contributed by atoms with Crippen LogP contribution in [0.4, 0.5) is 0 Å². The third kappa shape index (κ3) is 4.11. The molecule has 0 saturated carbocycles. The van der Waals surface area contributed by atoms with E-state index in [-0.39, 0.29) is 5.91 Å². The van der Waals surface area contributed by atoms with Crippen LogP contribution in [0.2, 0.25) is 0 Å². The topological polar surface area (TPSA) is 71.3 Å². The van der Waals surface area contributed by atoms with E-state index in [1.807, 2.05) is 6.07 Å². The molecule has 2 N–H and O–H groups in total. The Morgan fingerprint density at radius 3 is 2.69 bits per heavy atom. The number of rotatable bonds is 5. The van der Waals surface area contributed by atoms with Gasteiger partial charge in [-0.3, -0.25) is 19.5 Å². The van der Waals surface area contributed by atoms with Gasteiger partial charge in [0, 0.05) is 45.3 Å². The van der Waals surface area contributed by atoms with E-state index in [4.69, 9.17) is 15.2 Å². The molecule has 3 heterocycles. The van der Waals surface area contributed by atoms with Gasteiger partial charge in [0.2, 0.25) is 12.7 Å². The minimum Gasteiger partial charge on any atom is -0.454 e. The molecule has 1 unspecified atom stereocenters. The zero-order valence-corrected chi connectivity index (χ0v) is 15.2. The lowest BCUT2D eigenvalue weighted by Gasteiger charge is -2.43. The first-order valence-electron chi connectivity index (χ1n) is 9.53. The molecule has 1 amide bonds. The molecule has 0 aromatic heterocycles. The molecule has 0 aliphatic carbocycles. The van der Waals surface area contributed by atoms with Gasteiger partial charge in [-0.05, 0) is 37.1 Å². The fraction of sp³-hybridized carbons (Fsp3) is 0.632. The van der Waals surface area contributed by atoms with Crippen LogP contribution in [0.25, 0.3) is 0 Å². The molecule has 2 saturated heterocycles. The minimum atomic E-state index is -0.223. The molecule has 0 bridgehead atoms. The van der Waals surface area contributed by atoms with Gasteiger partial charge in [-0.15, -0.1) is 0 Å². The van der Waals surface area contributed by atoms with Crippen LogP contribution < -0.4 is 15.2 Å². The molecule has 2 fully saturated rings. The number of likely N-dealkylation sites (tertiary alicyclic amines) is 1. The molecule has 3 aliphatic heterocycles. The van der Waals surface area contributed by atoms with Gasteiger partial charge >= 0.3 is 0 Å². The van der Waals surface area contributed by atoms with Crippen molar-refractivity contribution in [3.05, 3.63) is 23.8 Å². The number of nitrogens with zero attached hydrogens (tertiary/aromatic N) is 3. The number of primary amides is 1. The summed E-state index contributed by atoms with van der Waals surface area (Å²) in [6, 6.07) is 6.78. The van der Waals surface area contributed by atoms with Gasteiger partial charge in [-0.2, -0.15) is 0 Å². The zero-order valence-electron chi connectivity index (χ0n) is 15.2. The highest BCUT2D eigenvalue weighted by Gasteiger charge is 2.28. The smallest absolute Gasteiger partial charge is 0.231 e. The van der Waals surface area contributed by atoms with Gasteiger partial charge in [-0.25, -0.2) is 0 Å². The molecular formula is C19H28N4O3. The Bertz CT molecular complexity index is 646. The average Bonchev–Trinajstić information content (AvgIpc) is 3.10. The molecule has 7 heteroatoms. The fourth-order valence-corrected chi connectivity index (χ4v) is 4.28. The SMILES string of the molecule is NC(=O)CN1CCCC(N2CCN(Cc3ccc4c(c3)OCO4)CC2)C1. The summed E-state index contributed by atoms with van der Waals surface area (Å²) >= 11 is 0. The van der Waals surface area contributed by atoms with E-state index in [9.17, 15) is 4.79 Å². The monoisotopic (exact) mass is 360 g/mol. The van der Waals surface area contributed by atoms with Crippen molar-refractivity contribution in [2.45, 2.75) is 25.4 Å². The van der Waals surface area contributed by atoms with E-state index in [1.165, 1.54) is 12.0 Å². The van der Waals surface area contributed by atoms with Crippen molar-refractivity contribution < 1.29 is 14.3 Å². The van der Waals surface area contributed by atoms with Gasteiger partial charge < -0.3 is 15.2 Å². The van der Waals surface area contributed by atoms with E-state index in [1.54, 1.807) is 0 Å². The highest BCUT2D eigenvalue weighted by atomic mass is 16.7. The summed E-state index contributed by atoms with van der Waals surface area (Å²) < 4.78 is 10.9. The van der Waals surface area contributed by atoms with E-state index in [2.05, 4.69) is 26.8 Å². The van der Waals surface area contributed by atoms with Crippen LogP contribution in [-0.2, 0) is 11.3 Å². The summed E-state index contributed by atoms with van der Waals surface area (Å²) in [5, 5.41) is 0. The third-order valence-corrected chi connectivity index (χ3v) is 5.63. The number of hydrogen-bond donors (Lipinski definition) is 1. The second-order valence-electron chi connectivity index (χ2n) is 7.50. The molecule has 1 aromatic carbocycles. The largest absolute Gasteiger partial charge is 0.454 e. The quantitative estimate of drug-likeness (QED) is 0.824. The molecule has 142 valence electrons. The van der Waals surface area contributed by atoms with Crippen LogP contribution in [-0.4, -0.2) is 79.3 Å². The van der Waals surface area contributed by atoms with Gasteiger partial charge in [-0.1, -0.05) is 6.07 Å². The number of fused-ring (bicyclic) bond motifs is 1. The van der Waals surface area contributed by atoms with Gasteiger partial charge in [0.15, 0.2) is 11.5 Å². The van der Waals surface area contributed by atoms with E-state index >= 15 is 0 Å². The van der Waals surface area contributed by atoms with E-state index < -0.39 is 0 Å². The molecule has 7 nitrogen and oxygen atoms in total. The molecule has 1 atom stereocenters. The summed E-state index contributed by atoms with van der Waals surface area (Å²) in [5.41, 5.74) is 6.63. The van der Waals surface area contributed by atoms with E-state index in [0.29, 0.717) is 19.4 Å². The van der Waals surface area contributed by atoms with Crippen LogP contribution in [0.1, 0.15) is 18.4 Å². The predicted molar refractivity (Wildman–Crippen MR) is 98.1 cm³/mol. The first-order valence-corrected chi connectivity index (χ1v) is 9.53. The van der Waals surface area contributed by atoms with Crippen LogP contribution in [0.5, 0.6) is 11.5 Å². The Balaban J connectivity index is 1.27. The zero-order chi connectivity index (χ0) is 17.9. The van der Waals surface area contributed by atoms with Crippen LogP contribution in [0, 0.1) is 0 Å². The van der Waals surface area contributed by atoms with Crippen molar-refractivity contribution in [2.24, 2.45) is 5.73 Å². The maximum atomic E-state index is 11.2. The van der Waals surface area contributed by atoms with E-state index in [0.717, 1.165) is 63.7 Å². The average molecular weight is 360 g/mol. The van der Waals surface area contributed by atoms with Crippen molar-refractivity contribution in [3.63, 3.8) is 0 Å². The predicted octanol–water partition coefficient (Wildman–Crippen LogP) is 0.483. The van der Waals surface area contributed by atoms with Crippen molar-refractivity contribution in [2.75, 3.05) is 52.6 Å². The van der Waals surface area contributed by atoms with Crippen molar-refractivity contribution in [1.82, 2.24) is 14.7 Å². The molecule has 1 aromatic rings. The highest BCUT2D eigenvalue weighted by Crippen LogP contribution is 2.32. The number of amides is 1. The van der Waals surface area contributed by atoms with Crippen LogP contribution >= 0.6 is 0 Å². The standard InChI is InChI=1S/C19H28N4O3/c20-19(24)13-22-5-1-2-16(12-22)23-8-6-21(7-9-23)11-15-3-4-17-18(10-15)26-14-25-17/h3-4,10,16H,1-2,5-9,11-14H2,(H2,20,24). The number of benzene rings is 1. The Labute approximate surface area is 154 Å². The number of piperazine rings is 1. The Morgan fingerprint density at radius 1 is 1.08 bits per heavy atom. The number of ether oxygens (including phenoxy) is 2. The molecular weight excluding hydrogens is 332 g/mol. The lowest BCUT2D eigenvalue weighted by Crippen LogP contribution is -2.55. The first kappa shape index (κ1) is 17.6. The molecule has 26 heavy (non-hydrogen) atoms. The van der Waals surface area contributed by atoms with Crippen molar-refractivity contribution in [3.8, 4) is 11.5 Å². The molecule has 0 radical (unpaired) electrons. The number of carbonyl (C=O) groups excluding carboxylic acids is 1. The Morgan fingerprint density at radius 2 is 1.88 bits per heavy atom.